The third-order valence-corrected chi connectivity index (χ3v) is 4.30. The van der Waals surface area contributed by atoms with Crippen molar-refractivity contribution in [2.45, 2.75) is 20.0 Å². The number of thiazole rings is 1. The summed E-state index contributed by atoms with van der Waals surface area (Å²) in [6.07, 6.45) is 4.13. The van der Waals surface area contributed by atoms with Crippen LogP contribution in [0.25, 0.3) is 22.4 Å². The summed E-state index contributed by atoms with van der Waals surface area (Å²) in [7, 11) is 1.66. The summed E-state index contributed by atoms with van der Waals surface area (Å²) in [5.74, 6) is 1.51. The van der Waals surface area contributed by atoms with Gasteiger partial charge < -0.3 is 9.47 Å². The average Bonchev–Trinajstić information content (AvgIpc) is 2.96. The molecule has 1 aromatic heterocycles. The van der Waals surface area contributed by atoms with Crippen LogP contribution in [0.1, 0.15) is 24.4 Å². The molecule has 3 rings (SSSR count). The Morgan fingerprint density at radius 3 is 2.61 bits per heavy atom. The van der Waals surface area contributed by atoms with Gasteiger partial charge in [0.1, 0.15) is 5.01 Å². The van der Waals surface area contributed by atoms with Crippen LogP contribution in [0.5, 0.6) is 11.5 Å². The van der Waals surface area contributed by atoms with E-state index in [2.05, 4.69) is 11.1 Å². The van der Waals surface area contributed by atoms with Gasteiger partial charge >= 0.3 is 0 Å². The first-order chi connectivity index (χ1) is 11.2. The third kappa shape index (κ3) is 3.54. The van der Waals surface area contributed by atoms with Gasteiger partial charge in [-0.15, -0.1) is 11.3 Å². The van der Waals surface area contributed by atoms with Gasteiger partial charge in [-0.2, -0.15) is 0 Å². The quantitative estimate of drug-likeness (QED) is 0.641. The number of rotatable bonds is 5. The van der Waals surface area contributed by atoms with E-state index in [9.17, 15) is 0 Å². The summed E-state index contributed by atoms with van der Waals surface area (Å²) in [6, 6.07) is 14.0. The monoisotopic (exact) mass is 325 g/mol. The van der Waals surface area contributed by atoms with E-state index in [0.717, 1.165) is 27.6 Å². The van der Waals surface area contributed by atoms with Gasteiger partial charge in [0.05, 0.1) is 23.4 Å². The molecule has 0 atom stereocenters. The van der Waals surface area contributed by atoms with Crippen molar-refractivity contribution in [2.75, 3.05) is 7.11 Å². The molecule has 0 saturated carbocycles. The number of para-hydroxylation sites is 2. The lowest BCUT2D eigenvalue weighted by Crippen LogP contribution is -2.07. The van der Waals surface area contributed by atoms with E-state index in [-0.39, 0.29) is 6.10 Å². The minimum Gasteiger partial charge on any atom is -0.493 e. The molecule has 0 bridgehead atoms. The van der Waals surface area contributed by atoms with E-state index in [1.165, 1.54) is 4.70 Å². The van der Waals surface area contributed by atoms with E-state index >= 15 is 0 Å². The summed E-state index contributed by atoms with van der Waals surface area (Å²) in [5, 5.41) is 0.976. The fraction of sp³-hybridized carbons (Fsp3) is 0.211. The van der Waals surface area contributed by atoms with Gasteiger partial charge in [0.25, 0.3) is 0 Å². The van der Waals surface area contributed by atoms with Gasteiger partial charge in [0, 0.05) is 5.56 Å². The highest BCUT2D eigenvalue weighted by Gasteiger charge is 2.10. The van der Waals surface area contributed by atoms with Gasteiger partial charge in [0.2, 0.25) is 0 Å². The molecule has 3 nitrogen and oxygen atoms in total. The van der Waals surface area contributed by atoms with Crippen LogP contribution in [-0.4, -0.2) is 18.2 Å². The van der Waals surface area contributed by atoms with Crippen molar-refractivity contribution in [2.24, 2.45) is 0 Å². The fourth-order valence-electron chi connectivity index (χ4n) is 2.31. The van der Waals surface area contributed by atoms with Gasteiger partial charge in [-0.25, -0.2) is 4.98 Å². The fourth-order valence-corrected chi connectivity index (χ4v) is 3.18. The zero-order valence-corrected chi connectivity index (χ0v) is 14.3. The molecule has 0 amide bonds. The Morgan fingerprint density at radius 1 is 1.04 bits per heavy atom. The maximum atomic E-state index is 5.92. The van der Waals surface area contributed by atoms with Gasteiger partial charge in [0.15, 0.2) is 11.5 Å². The summed E-state index contributed by atoms with van der Waals surface area (Å²) in [6.45, 7) is 4.01. The predicted octanol–water partition coefficient (Wildman–Crippen LogP) is 5.26. The minimum atomic E-state index is 0.0842. The zero-order valence-electron chi connectivity index (χ0n) is 13.4. The number of hydrogen-bond acceptors (Lipinski definition) is 4. The maximum absolute atomic E-state index is 5.92. The van der Waals surface area contributed by atoms with Gasteiger partial charge in [-0.1, -0.05) is 24.3 Å². The lowest BCUT2D eigenvalue weighted by molar-refractivity contribution is 0.229. The first kappa shape index (κ1) is 15.6. The number of methoxy groups -OCH3 is 1. The molecular weight excluding hydrogens is 306 g/mol. The largest absolute Gasteiger partial charge is 0.493 e. The number of fused-ring (bicyclic) bond motifs is 1. The van der Waals surface area contributed by atoms with Crippen molar-refractivity contribution in [1.82, 2.24) is 4.98 Å². The smallest absolute Gasteiger partial charge is 0.168 e. The van der Waals surface area contributed by atoms with Crippen molar-refractivity contribution in [3.8, 4) is 11.5 Å². The Labute approximate surface area is 140 Å². The number of benzene rings is 2. The van der Waals surface area contributed by atoms with Crippen molar-refractivity contribution in [3.63, 3.8) is 0 Å². The Hall–Kier alpha value is -2.33. The molecule has 0 spiro atoms. The SMILES string of the molecule is COc1cccc(/C=C/c2nc3ccccc3s2)c1OC(C)C. The number of aromatic nitrogens is 1. The first-order valence-corrected chi connectivity index (χ1v) is 8.36. The normalized spacial score (nSPS) is 11.5. The molecule has 1 heterocycles. The second kappa shape index (κ2) is 6.84. The predicted molar refractivity (Wildman–Crippen MR) is 97.3 cm³/mol. The van der Waals surface area contributed by atoms with Crippen LogP contribution in [0.15, 0.2) is 42.5 Å². The second-order valence-corrected chi connectivity index (χ2v) is 6.46. The zero-order chi connectivity index (χ0) is 16.2. The average molecular weight is 325 g/mol. The highest BCUT2D eigenvalue weighted by Crippen LogP contribution is 2.33. The maximum Gasteiger partial charge on any atom is 0.168 e. The lowest BCUT2D eigenvalue weighted by atomic mass is 10.1. The summed E-state index contributed by atoms with van der Waals surface area (Å²) < 4.78 is 12.5. The van der Waals surface area contributed by atoms with Crippen molar-refractivity contribution >= 4 is 33.7 Å². The molecule has 2 aromatic carbocycles. The second-order valence-electron chi connectivity index (χ2n) is 5.40. The highest BCUT2D eigenvalue weighted by molar-refractivity contribution is 7.19. The van der Waals surface area contributed by atoms with Crippen LogP contribution in [-0.2, 0) is 0 Å². The van der Waals surface area contributed by atoms with Crippen LogP contribution < -0.4 is 9.47 Å². The third-order valence-electron chi connectivity index (χ3n) is 3.30. The standard InChI is InChI=1S/C19H19NO2S/c1-13(2)22-19-14(7-6-9-16(19)21-3)11-12-18-20-15-8-4-5-10-17(15)23-18/h4-13H,1-3H3/b12-11+. The van der Waals surface area contributed by atoms with Crippen LogP contribution in [0.3, 0.4) is 0 Å². The molecule has 0 N–H and O–H groups in total. The Morgan fingerprint density at radius 2 is 1.87 bits per heavy atom. The van der Waals surface area contributed by atoms with E-state index in [0.29, 0.717) is 0 Å². The molecular formula is C19H19NO2S. The molecule has 23 heavy (non-hydrogen) atoms. The number of nitrogens with zero attached hydrogens (tertiary/aromatic N) is 1. The molecule has 0 saturated heterocycles. The van der Waals surface area contributed by atoms with Gasteiger partial charge in [-0.3, -0.25) is 0 Å². The molecule has 4 heteroatoms. The summed E-state index contributed by atoms with van der Waals surface area (Å²) in [5.41, 5.74) is 2.01. The summed E-state index contributed by atoms with van der Waals surface area (Å²) in [4.78, 5) is 4.62. The van der Waals surface area contributed by atoms with E-state index < -0.39 is 0 Å². The topological polar surface area (TPSA) is 31.4 Å². The van der Waals surface area contributed by atoms with Crippen molar-refractivity contribution in [3.05, 3.63) is 53.0 Å². The van der Waals surface area contributed by atoms with Gasteiger partial charge in [-0.05, 0) is 44.2 Å². The number of hydrogen-bond donors (Lipinski definition) is 0. The molecule has 0 aliphatic rings. The van der Waals surface area contributed by atoms with Crippen LogP contribution >= 0.6 is 11.3 Å². The lowest BCUT2D eigenvalue weighted by Gasteiger charge is -2.15. The highest BCUT2D eigenvalue weighted by atomic mass is 32.1. The van der Waals surface area contributed by atoms with E-state index in [4.69, 9.17) is 9.47 Å². The molecule has 0 fully saturated rings. The van der Waals surface area contributed by atoms with Crippen LogP contribution in [0.4, 0.5) is 0 Å². The Bertz CT molecular complexity index is 803. The van der Waals surface area contributed by atoms with Crippen molar-refractivity contribution in [1.29, 1.82) is 0 Å². The molecule has 0 aliphatic carbocycles. The Kier molecular flexibility index (Phi) is 4.63. The van der Waals surface area contributed by atoms with E-state index in [1.807, 2.05) is 62.4 Å². The number of ether oxygens (including phenoxy) is 2. The molecule has 118 valence electrons. The van der Waals surface area contributed by atoms with E-state index in [1.54, 1.807) is 18.4 Å². The van der Waals surface area contributed by atoms with Crippen molar-refractivity contribution < 1.29 is 9.47 Å². The molecule has 0 aliphatic heterocycles. The Balaban J connectivity index is 1.94. The van der Waals surface area contributed by atoms with Crippen LogP contribution in [0, 0.1) is 0 Å². The molecule has 3 aromatic rings. The summed E-state index contributed by atoms with van der Waals surface area (Å²) >= 11 is 1.68. The minimum absolute atomic E-state index is 0.0842. The first-order valence-electron chi connectivity index (χ1n) is 7.54. The molecule has 0 unspecified atom stereocenters. The molecule has 0 radical (unpaired) electrons. The van der Waals surface area contributed by atoms with Crippen LogP contribution in [0.2, 0.25) is 0 Å².